The maximum atomic E-state index is 12.4. The van der Waals surface area contributed by atoms with Crippen LogP contribution in [0.15, 0.2) is 12.1 Å². The van der Waals surface area contributed by atoms with Gasteiger partial charge in [-0.25, -0.2) is 0 Å². The molecule has 0 bridgehead atoms. The number of ketones is 1. The summed E-state index contributed by atoms with van der Waals surface area (Å²) in [5.41, 5.74) is 10.1. The number of hydrogen-bond acceptors (Lipinski definition) is 2. The van der Waals surface area contributed by atoms with E-state index >= 15 is 0 Å². The van der Waals surface area contributed by atoms with Gasteiger partial charge < -0.3 is 5.73 Å². The monoisotopic (exact) mass is 275 g/mol. The Morgan fingerprint density at radius 1 is 1.05 bits per heavy atom. The molecule has 1 aromatic carbocycles. The molecule has 20 heavy (non-hydrogen) atoms. The van der Waals surface area contributed by atoms with Gasteiger partial charge >= 0.3 is 0 Å². The van der Waals surface area contributed by atoms with Gasteiger partial charge in [0.05, 0.1) is 0 Å². The van der Waals surface area contributed by atoms with Crippen LogP contribution in [-0.4, -0.2) is 12.3 Å². The Morgan fingerprint density at radius 3 is 2.20 bits per heavy atom. The molecule has 0 heterocycles. The first-order valence-electron chi connectivity index (χ1n) is 7.68. The highest BCUT2D eigenvalue weighted by Gasteiger charge is 2.16. The predicted octanol–water partition coefficient (Wildman–Crippen LogP) is 4.20. The van der Waals surface area contributed by atoms with Crippen LogP contribution in [0, 0.1) is 32.6 Å². The second-order valence-electron chi connectivity index (χ2n) is 6.29. The molecule has 0 saturated heterocycles. The van der Waals surface area contributed by atoms with Crippen molar-refractivity contribution in [2.45, 2.75) is 53.9 Å². The van der Waals surface area contributed by atoms with E-state index in [2.05, 4.69) is 33.8 Å². The Kier molecular flexibility index (Phi) is 6.41. The van der Waals surface area contributed by atoms with E-state index in [1.165, 1.54) is 11.1 Å². The number of aryl methyl sites for hydroxylation is 3. The highest BCUT2D eigenvalue weighted by molar-refractivity contribution is 5.97. The lowest BCUT2D eigenvalue weighted by molar-refractivity contribution is 0.0968. The second-order valence-corrected chi connectivity index (χ2v) is 6.29. The number of nitrogens with two attached hydrogens (primary N) is 1. The van der Waals surface area contributed by atoms with Gasteiger partial charge in [-0.05, 0) is 74.8 Å². The second kappa shape index (κ2) is 7.58. The van der Waals surface area contributed by atoms with Gasteiger partial charge in [-0.3, -0.25) is 4.79 Å². The molecule has 1 rings (SSSR count). The summed E-state index contributed by atoms with van der Waals surface area (Å²) in [6, 6.07) is 4.16. The molecular formula is C18H29NO. The fourth-order valence-electron chi connectivity index (χ4n) is 2.74. The lowest BCUT2D eigenvalue weighted by atomic mass is 9.86. The van der Waals surface area contributed by atoms with Gasteiger partial charge in [0.1, 0.15) is 0 Å². The summed E-state index contributed by atoms with van der Waals surface area (Å²) in [6.45, 7) is 11.3. The van der Waals surface area contributed by atoms with Gasteiger partial charge in [0.15, 0.2) is 5.78 Å². The zero-order chi connectivity index (χ0) is 15.3. The first kappa shape index (κ1) is 16.9. The summed E-state index contributed by atoms with van der Waals surface area (Å²) in [4.78, 5) is 12.4. The lowest BCUT2D eigenvalue weighted by Gasteiger charge is -2.20. The van der Waals surface area contributed by atoms with E-state index in [-0.39, 0.29) is 5.78 Å². The molecule has 112 valence electrons. The molecule has 1 aromatic rings. The summed E-state index contributed by atoms with van der Waals surface area (Å²) in [7, 11) is 0. The zero-order valence-corrected chi connectivity index (χ0v) is 13.6. The average molecular weight is 275 g/mol. The van der Waals surface area contributed by atoms with Crippen LogP contribution in [-0.2, 0) is 0 Å². The van der Waals surface area contributed by atoms with Crippen LogP contribution in [0.5, 0.6) is 0 Å². The third-order valence-electron chi connectivity index (χ3n) is 4.36. The quantitative estimate of drug-likeness (QED) is 0.758. The van der Waals surface area contributed by atoms with Crippen LogP contribution in [0.3, 0.4) is 0 Å². The Hall–Kier alpha value is -1.15. The van der Waals surface area contributed by atoms with Crippen LogP contribution < -0.4 is 5.73 Å². The minimum absolute atomic E-state index is 0.272. The van der Waals surface area contributed by atoms with Gasteiger partial charge in [-0.1, -0.05) is 19.9 Å². The Balaban J connectivity index is 2.74. The lowest BCUT2D eigenvalue weighted by Crippen LogP contribution is -2.16. The maximum absolute atomic E-state index is 12.4. The zero-order valence-electron chi connectivity index (χ0n) is 13.6. The summed E-state index contributed by atoms with van der Waals surface area (Å²) in [5, 5.41) is 0. The smallest absolute Gasteiger partial charge is 0.163 e. The fourth-order valence-corrected chi connectivity index (χ4v) is 2.74. The maximum Gasteiger partial charge on any atom is 0.163 e. The number of hydrogen-bond donors (Lipinski definition) is 1. The van der Waals surface area contributed by atoms with Crippen LogP contribution in [0.4, 0.5) is 0 Å². The van der Waals surface area contributed by atoms with Crippen LogP contribution in [0.1, 0.15) is 60.2 Å². The minimum Gasteiger partial charge on any atom is -0.330 e. The van der Waals surface area contributed by atoms with Gasteiger partial charge in [0, 0.05) is 12.0 Å². The topological polar surface area (TPSA) is 43.1 Å². The molecule has 2 N–H and O–H groups in total. The molecule has 0 saturated carbocycles. The summed E-state index contributed by atoms with van der Waals surface area (Å²) < 4.78 is 0. The van der Waals surface area contributed by atoms with Crippen molar-refractivity contribution in [3.8, 4) is 0 Å². The number of carbonyl (C=O) groups excluding carboxylic acids is 1. The number of benzene rings is 1. The van der Waals surface area contributed by atoms with Crippen molar-refractivity contribution in [3.05, 3.63) is 34.4 Å². The highest BCUT2D eigenvalue weighted by atomic mass is 16.1. The molecule has 0 aromatic heterocycles. The van der Waals surface area contributed by atoms with Crippen molar-refractivity contribution in [1.29, 1.82) is 0 Å². The molecule has 0 aliphatic heterocycles. The molecule has 0 aliphatic carbocycles. The number of rotatable bonds is 7. The molecule has 0 aliphatic rings. The Labute approximate surface area is 123 Å². The SMILES string of the molecule is Cc1cc(C)c(C(=O)CCC(CCN)C(C)C)cc1C. The van der Waals surface area contributed by atoms with Crippen molar-refractivity contribution in [3.63, 3.8) is 0 Å². The molecule has 0 radical (unpaired) electrons. The van der Waals surface area contributed by atoms with Gasteiger partial charge in [-0.15, -0.1) is 0 Å². The largest absolute Gasteiger partial charge is 0.330 e. The van der Waals surface area contributed by atoms with Crippen molar-refractivity contribution in [2.24, 2.45) is 17.6 Å². The molecule has 1 atom stereocenters. The third-order valence-corrected chi connectivity index (χ3v) is 4.36. The van der Waals surface area contributed by atoms with Crippen LogP contribution in [0.25, 0.3) is 0 Å². The van der Waals surface area contributed by atoms with E-state index < -0.39 is 0 Å². The Morgan fingerprint density at radius 2 is 1.65 bits per heavy atom. The average Bonchev–Trinajstić information content (AvgIpc) is 2.38. The molecule has 0 amide bonds. The molecule has 2 nitrogen and oxygen atoms in total. The van der Waals surface area contributed by atoms with Crippen molar-refractivity contribution >= 4 is 5.78 Å². The molecule has 2 heteroatoms. The fraction of sp³-hybridized carbons (Fsp3) is 0.611. The van der Waals surface area contributed by atoms with Gasteiger partial charge in [0.25, 0.3) is 0 Å². The first-order chi connectivity index (χ1) is 9.36. The van der Waals surface area contributed by atoms with E-state index in [4.69, 9.17) is 5.73 Å². The first-order valence-corrected chi connectivity index (χ1v) is 7.68. The Bertz CT molecular complexity index is 463. The van der Waals surface area contributed by atoms with Crippen LogP contribution >= 0.6 is 0 Å². The van der Waals surface area contributed by atoms with Crippen molar-refractivity contribution in [2.75, 3.05) is 6.54 Å². The molecular weight excluding hydrogens is 246 g/mol. The van der Waals surface area contributed by atoms with E-state index in [0.717, 1.165) is 24.0 Å². The van der Waals surface area contributed by atoms with Crippen LogP contribution in [0.2, 0.25) is 0 Å². The van der Waals surface area contributed by atoms with E-state index in [1.54, 1.807) is 0 Å². The van der Waals surface area contributed by atoms with E-state index in [9.17, 15) is 4.79 Å². The molecule has 0 spiro atoms. The van der Waals surface area contributed by atoms with Crippen molar-refractivity contribution in [1.82, 2.24) is 0 Å². The number of carbonyl (C=O) groups is 1. The molecule has 1 unspecified atom stereocenters. The number of Topliss-reactive ketones (excluding diaryl/α,β-unsaturated/α-hetero) is 1. The van der Waals surface area contributed by atoms with E-state index in [0.29, 0.717) is 24.8 Å². The molecule has 0 fully saturated rings. The summed E-state index contributed by atoms with van der Waals surface area (Å²) >= 11 is 0. The normalized spacial score (nSPS) is 12.8. The highest BCUT2D eigenvalue weighted by Crippen LogP contribution is 2.23. The minimum atomic E-state index is 0.272. The summed E-state index contributed by atoms with van der Waals surface area (Å²) in [5.74, 6) is 1.41. The van der Waals surface area contributed by atoms with Gasteiger partial charge in [-0.2, -0.15) is 0 Å². The third kappa shape index (κ3) is 4.45. The van der Waals surface area contributed by atoms with E-state index in [1.807, 2.05) is 13.0 Å². The predicted molar refractivity (Wildman–Crippen MR) is 86.2 cm³/mol. The van der Waals surface area contributed by atoms with Crippen molar-refractivity contribution < 1.29 is 4.79 Å². The van der Waals surface area contributed by atoms with Gasteiger partial charge in [0.2, 0.25) is 0 Å². The summed E-state index contributed by atoms with van der Waals surface area (Å²) in [6.07, 6.45) is 2.59. The standard InChI is InChI=1S/C18H29NO/c1-12(2)16(8-9-19)6-7-18(20)17-11-14(4)13(3)10-15(17)5/h10-12,16H,6-9,19H2,1-5H3.